The van der Waals surface area contributed by atoms with Gasteiger partial charge in [-0.05, 0) is 49.7 Å². The van der Waals surface area contributed by atoms with Crippen molar-refractivity contribution in [3.05, 3.63) is 133 Å². The SMILES string of the molecule is Cc1ccc(-c2cccc3c4ccccc4n(-c4ccc(-c5nc(C)nc(-c6ccccc6)n5)cc4)c23)cc1. The molecule has 0 bridgehead atoms. The molecule has 0 spiro atoms. The van der Waals surface area contributed by atoms with Crippen LogP contribution in [-0.2, 0) is 0 Å². The van der Waals surface area contributed by atoms with Gasteiger partial charge in [0.15, 0.2) is 11.6 Å². The Morgan fingerprint density at radius 2 is 1.10 bits per heavy atom. The minimum absolute atomic E-state index is 0.676. The van der Waals surface area contributed by atoms with Crippen LogP contribution in [0.1, 0.15) is 11.4 Å². The molecule has 39 heavy (non-hydrogen) atoms. The zero-order valence-electron chi connectivity index (χ0n) is 21.8. The van der Waals surface area contributed by atoms with Crippen molar-refractivity contribution in [3.8, 4) is 39.6 Å². The summed E-state index contributed by atoms with van der Waals surface area (Å²) in [6.07, 6.45) is 0. The zero-order chi connectivity index (χ0) is 26.3. The summed E-state index contributed by atoms with van der Waals surface area (Å²) in [5, 5.41) is 2.49. The fourth-order valence-electron chi connectivity index (χ4n) is 5.34. The second-order valence-electron chi connectivity index (χ2n) is 9.86. The number of hydrogen-bond donors (Lipinski definition) is 0. The van der Waals surface area contributed by atoms with Gasteiger partial charge < -0.3 is 4.57 Å². The summed E-state index contributed by atoms with van der Waals surface area (Å²) in [6, 6.07) is 42.6. The Bertz CT molecular complexity index is 1950. The van der Waals surface area contributed by atoms with Crippen LogP contribution in [0.5, 0.6) is 0 Å². The van der Waals surface area contributed by atoms with Crippen LogP contribution in [0, 0.1) is 13.8 Å². The number of para-hydroxylation sites is 2. The Morgan fingerprint density at radius 3 is 1.85 bits per heavy atom. The lowest BCUT2D eigenvalue weighted by atomic mass is 10.0. The van der Waals surface area contributed by atoms with Crippen molar-refractivity contribution in [2.24, 2.45) is 0 Å². The lowest BCUT2D eigenvalue weighted by molar-refractivity contribution is 0.991. The topological polar surface area (TPSA) is 43.6 Å². The number of benzene rings is 5. The van der Waals surface area contributed by atoms with Crippen LogP contribution in [-0.4, -0.2) is 19.5 Å². The van der Waals surface area contributed by atoms with Gasteiger partial charge in [-0.1, -0.05) is 96.6 Å². The molecule has 0 N–H and O–H groups in total. The molecule has 0 radical (unpaired) electrons. The third-order valence-electron chi connectivity index (χ3n) is 7.22. The summed E-state index contributed by atoms with van der Waals surface area (Å²) in [4.78, 5) is 14.0. The van der Waals surface area contributed by atoms with Gasteiger partial charge >= 0.3 is 0 Å². The molecule has 0 fully saturated rings. The Labute approximate surface area is 227 Å². The highest BCUT2D eigenvalue weighted by molar-refractivity contribution is 6.13. The minimum Gasteiger partial charge on any atom is -0.309 e. The minimum atomic E-state index is 0.676. The van der Waals surface area contributed by atoms with E-state index < -0.39 is 0 Å². The first kappa shape index (κ1) is 23.1. The Morgan fingerprint density at radius 1 is 0.487 bits per heavy atom. The molecule has 0 saturated carbocycles. The summed E-state index contributed by atoms with van der Waals surface area (Å²) in [7, 11) is 0. The third-order valence-corrected chi connectivity index (χ3v) is 7.22. The van der Waals surface area contributed by atoms with E-state index in [1.54, 1.807) is 0 Å². The van der Waals surface area contributed by atoms with E-state index in [1.807, 2.05) is 37.3 Å². The molecule has 0 aliphatic rings. The fourth-order valence-corrected chi connectivity index (χ4v) is 5.34. The second kappa shape index (κ2) is 9.34. The number of aryl methyl sites for hydroxylation is 2. The van der Waals surface area contributed by atoms with Crippen LogP contribution in [0.25, 0.3) is 61.4 Å². The number of rotatable bonds is 4. The van der Waals surface area contributed by atoms with Gasteiger partial charge in [0.25, 0.3) is 0 Å². The van der Waals surface area contributed by atoms with Gasteiger partial charge in [-0.2, -0.15) is 0 Å². The number of nitrogens with zero attached hydrogens (tertiary/aromatic N) is 4. The molecule has 2 aromatic heterocycles. The molecule has 0 aliphatic heterocycles. The maximum atomic E-state index is 4.80. The largest absolute Gasteiger partial charge is 0.309 e. The molecule has 5 aromatic carbocycles. The molecule has 2 heterocycles. The van der Waals surface area contributed by atoms with Crippen LogP contribution in [0.2, 0.25) is 0 Å². The van der Waals surface area contributed by atoms with Crippen LogP contribution >= 0.6 is 0 Å². The fraction of sp³-hybridized carbons (Fsp3) is 0.0571. The van der Waals surface area contributed by atoms with Crippen molar-refractivity contribution in [2.45, 2.75) is 13.8 Å². The lowest BCUT2D eigenvalue weighted by Gasteiger charge is -2.13. The summed E-state index contributed by atoms with van der Waals surface area (Å²) in [5.74, 6) is 2.07. The molecule has 0 aliphatic carbocycles. The van der Waals surface area contributed by atoms with E-state index in [4.69, 9.17) is 4.98 Å². The summed E-state index contributed by atoms with van der Waals surface area (Å²) in [6.45, 7) is 4.04. The van der Waals surface area contributed by atoms with Gasteiger partial charge in [0, 0.05) is 33.2 Å². The molecular formula is C35H26N4. The Kier molecular flexibility index (Phi) is 5.52. The molecule has 4 heteroatoms. The first-order valence-electron chi connectivity index (χ1n) is 13.1. The lowest BCUT2D eigenvalue weighted by Crippen LogP contribution is -2.00. The standard InChI is InChI=1S/C35H26N4/c1-23-15-17-25(18-16-23)29-12-8-13-31-30-11-6-7-14-32(30)39(33(29)31)28-21-19-27(20-22-28)35-37-24(2)36-34(38-35)26-9-4-3-5-10-26/h3-22H,1-2H3. The molecule has 186 valence electrons. The molecule has 0 unspecified atom stereocenters. The Balaban J connectivity index is 1.39. The monoisotopic (exact) mass is 502 g/mol. The average molecular weight is 503 g/mol. The van der Waals surface area contributed by atoms with Crippen molar-refractivity contribution < 1.29 is 0 Å². The number of fused-ring (bicyclic) bond motifs is 3. The third kappa shape index (κ3) is 4.07. The Hall–Kier alpha value is -5.09. The van der Waals surface area contributed by atoms with E-state index in [9.17, 15) is 0 Å². The highest BCUT2D eigenvalue weighted by Gasteiger charge is 2.16. The van der Waals surface area contributed by atoms with Crippen LogP contribution in [0.4, 0.5) is 0 Å². The van der Waals surface area contributed by atoms with Gasteiger partial charge in [0.05, 0.1) is 11.0 Å². The zero-order valence-corrected chi connectivity index (χ0v) is 21.8. The van der Waals surface area contributed by atoms with Crippen molar-refractivity contribution in [3.63, 3.8) is 0 Å². The highest BCUT2D eigenvalue weighted by atomic mass is 15.0. The molecule has 0 amide bonds. The maximum absolute atomic E-state index is 4.80. The number of aromatic nitrogens is 4. The van der Waals surface area contributed by atoms with Crippen LogP contribution in [0.3, 0.4) is 0 Å². The van der Waals surface area contributed by atoms with Crippen molar-refractivity contribution in [1.29, 1.82) is 0 Å². The summed E-state index contributed by atoms with van der Waals surface area (Å²) < 4.78 is 2.37. The van der Waals surface area contributed by atoms with Crippen LogP contribution < -0.4 is 0 Å². The van der Waals surface area contributed by atoms with Gasteiger partial charge in [0.2, 0.25) is 0 Å². The summed E-state index contributed by atoms with van der Waals surface area (Å²) >= 11 is 0. The van der Waals surface area contributed by atoms with Gasteiger partial charge in [0.1, 0.15) is 5.82 Å². The van der Waals surface area contributed by atoms with Crippen molar-refractivity contribution in [1.82, 2.24) is 19.5 Å². The van der Waals surface area contributed by atoms with Gasteiger partial charge in [-0.15, -0.1) is 0 Å². The molecule has 0 saturated heterocycles. The smallest absolute Gasteiger partial charge is 0.163 e. The van der Waals surface area contributed by atoms with E-state index in [0.29, 0.717) is 17.5 Å². The second-order valence-corrected chi connectivity index (χ2v) is 9.86. The van der Waals surface area contributed by atoms with E-state index >= 15 is 0 Å². The predicted octanol–water partition coefficient (Wildman–Crippen LogP) is 8.59. The molecule has 0 atom stereocenters. The van der Waals surface area contributed by atoms with E-state index in [-0.39, 0.29) is 0 Å². The van der Waals surface area contributed by atoms with Gasteiger partial charge in [-0.25, -0.2) is 15.0 Å². The first-order valence-corrected chi connectivity index (χ1v) is 13.1. The normalized spacial score (nSPS) is 11.3. The van der Waals surface area contributed by atoms with E-state index in [1.165, 1.54) is 38.5 Å². The van der Waals surface area contributed by atoms with E-state index in [0.717, 1.165) is 16.8 Å². The maximum Gasteiger partial charge on any atom is 0.163 e. The number of hydrogen-bond acceptors (Lipinski definition) is 3. The van der Waals surface area contributed by atoms with Crippen molar-refractivity contribution in [2.75, 3.05) is 0 Å². The predicted molar refractivity (Wildman–Crippen MR) is 160 cm³/mol. The molecule has 4 nitrogen and oxygen atoms in total. The molecule has 7 aromatic rings. The quantitative estimate of drug-likeness (QED) is 0.242. The summed E-state index contributed by atoms with van der Waals surface area (Å²) in [5.41, 5.74) is 9.11. The highest BCUT2D eigenvalue weighted by Crippen LogP contribution is 2.38. The van der Waals surface area contributed by atoms with Gasteiger partial charge in [-0.3, -0.25) is 0 Å². The van der Waals surface area contributed by atoms with E-state index in [2.05, 4.69) is 112 Å². The van der Waals surface area contributed by atoms with Crippen LogP contribution in [0.15, 0.2) is 121 Å². The molecule has 7 rings (SSSR count). The van der Waals surface area contributed by atoms with Crippen molar-refractivity contribution >= 4 is 21.8 Å². The molecular weight excluding hydrogens is 476 g/mol. The first-order chi connectivity index (χ1) is 19.2. The average Bonchev–Trinajstić information content (AvgIpc) is 3.32.